The molecule has 1 aromatic heterocycles. The van der Waals surface area contributed by atoms with Crippen molar-refractivity contribution < 1.29 is 13.6 Å². The number of fused-ring (bicyclic) bond motifs is 1. The SMILES string of the molecule is COc1cccc2cc(C(=S)NCC[N+](C)(C)C)c(=O)oc12. The minimum absolute atomic E-state index is 0.372. The van der Waals surface area contributed by atoms with E-state index in [1.54, 1.807) is 19.2 Å². The van der Waals surface area contributed by atoms with Gasteiger partial charge in [0.15, 0.2) is 11.3 Å². The predicted molar refractivity (Wildman–Crippen MR) is 91.6 cm³/mol. The fourth-order valence-electron chi connectivity index (χ4n) is 2.04. The maximum absolute atomic E-state index is 12.1. The first-order valence-electron chi connectivity index (χ1n) is 7.01. The van der Waals surface area contributed by atoms with Gasteiger partial charge in [0.25, 0.3) is 0 Å². The Hall–Kier alpha value is -1.92. The Morgan fingerprint density at radius 3 is 2.73 bits per heavy atom. The molecular formula is C16H21N2O3S+. The van der Waals surface area contributed by atoms with Crippen LogP contribution in [0.5, 0.6) is 5.75 Å². The summed E-state index contributed by atoms with van der Waals surface area (Å²) in [5, 5.41) is 3.90. The van der Waals surface area contributed by atoms with E-state index in [2.05, 4.69) is 26.5 Å². The third-order valence-electron chi connectivity index (χ3n) is 3.26. The normalized spacial score (nSPS) is 11.5. The highest BCUT2D eigenvalue weighted by Gasteiger charge is 2.13. The number of methoxy groups -OCH3 is 1. The number of thiocarbonyl (C=S) groups is 1. The lowest BCUT2D eigenvalue weighted by Gasteiger charge is -2.24. The number of nitrogens with zero attached hydrogens (tertiary/aromatic N) is 1. The lowest BCUT2D eigenvalue weighted by atomic mass is 10.1. The van der Waals surface area contributed by atoms with E-state index in [1.807, 2.05) is 12.1 Å². The summed E-state index contributed by atoms with van der Waals surface area (Å²) < 4.78 is 11.4. The molecular weight excluding hydrogens is 300 g/mol. The minimum Gasteiger partial charge on any atom is -0.493 e. The molecule has 1 N–H and O–H groups in total. The van der Waals surface area contributed by atoms with Crippen LogP contribution in [-0.4, -0.2) is 50.8 Å². The summed E-state index contributed by atoms with van der Waals surface area (Å²) >= 11 is 5.31. The topological polar surface area (TPSA) is 51.5 Å². The summed E-state index contributed by atoms with van der Waals surface area (Å²) in [5.74, 6) is 0.532. The maximum atomic E-state index is 12.1. The quantitative estimate of drug-likeness (QED) is 0.517. The zero-order valence-electron chi connectivity index (χ0n) is 13.3. The van der Waals surface area contributed by atoms with Crippen molar-refractivity contribution in [2.24, 2.45) is 0 Å². The second-order valence-electron chi connectivity index (χ2n) is 6.10. The highest BCUT2D eigenvalue weighted by atomic mass is 32.1. The third-order valence-corrected chi connectivity index (χ3v) is 3.62. The molecule has 5 nitrogen and oxygen atoms in total. The van der Waals surface area contributed by atoms with Crippen molar-refractivity contribution in [3.8, 4) is 5.75 Å². The van der Waals surface area contributed by atoms with E-state index in [0.29, 0.717) is 28.4 Å². The van der Waals surface area contributed by atoms with Crippen molar-refractivity contribution in [3.05, 3.63) is 40.2 Å². The van der Waals surface area contributed by atoms with Crippen LogP contribution < -0.4 is 15.7 Å². The van der Waals surface area contributed by atoms with Crippen LogP contribution in [0.15, 0.2) is 33.5 Å². The van der Waals surface area contributed by atoms with Crippen LogP contribution in [0.4, 0.5) is 0 Å². The average Bonchev–Trinajstić information content (AvgIpc) is 2.44. The van der Waals surface area contributed by atoms with Crippen LogP contribution >= 0.6 is 12.2 Å². The Morgan fingerprint density at radius 1 is 1.36 bits per heavy atom. The fraction of sp³-hybridized carbons (Fsp3) is 0.375. The minimum atomic E-state index is -0.459. The number of rotatable bonds is 5. The molecule has 0 radical (unpaired) electrons. The molecule has 2 aromatic rings. The molecule has 0 aliphatic heterocycles. The summed E-state index contributed by atoms with van der Waals surface area (Å²) in [7, 11) is 7.84. The van der Waals surface area contributed by atoms with Crippen molar-refractivity contribution in [1.82, 2.24) is 5.32 Å². The van der Waals surface area contributed by atoms with Gasteiger partial charge in [0.1, 0.15) is 4.99 Å². The third kappa shape index (κ3) is 3.84. The van der Waals surface area contributed by atoms with Gasteiger partial charge in [-0.1, -0.05) is 24.4 Å². The lowest BCUT2D eigenvalue weighted by Crippen LogP contribution is -2.42. The second-order valence-corrected chi connectivity index (χ2v) is 6.50. The van der Waals surface area contributed by atoms with Crippen molar-refractivity contribution in [1.29, 1.82) is 0 Å². The molecule has 118 valence electrons. The zero-order chi connectivity index (χ0) is 16.3. The molecule has 0 spiro atoms. The van der Waals surface area contributed by atoms with Crippen LogP contribution in [0.3, 0.4) is 0 Å². The van der Waals surface area contributed by atoms with Crippen LogP contribution in [0, 0.1) is 0 Å². The molecule has 0 aliphatic rings. The van der Waals surface area contributed by atoms with E-state index in [-0.39, 0.29) is 0 Å². The summed E-state index contributed by atoms with van der Waals surface area (Å²) in [5.41, 5.74) is 0.352. The van der Waals surface area contributed by atoms with Gasteiger partial charge in [-0.2, -0.15) is 0 Å². The summed E-state index contributed by atoms with van der Waals surface area (Å²) in [6.07, 6.45) is 0. The summed E-state index contributed by atoms with van der Waals surface area (Å²) in [6, 6.07) is 7.20. The number of hydrogen-bond donors (Lipinski definition) is 1. The monoisotopic (exact) mass is 321 g/mol. The zero-order valence-corrected chi connectivity index (χ0v) is 14.1. The Kier molecular flexibility index (Phi) is 4.83. The number of ether oxygens (including phenoxy) is 1. The van der Waals surface area contributed by atoms with E-state index < -0.39 is 5.63 Å². The van der Waals surface area contributed by atoms with Gasteiger partial charge in [0, 0.05) is 5.39 Å². The Balaban J connectivity index is 2.26. The number of nitrogens with one attached hydrogen (secondary N) is 1. The first kappa shape index (κ1) is 16.5. The molecule has 0 atom stereocenters. The number of hydrogen-bond acceptors (Lipinski definition) is 4. The predicted octanol–water partition coefficient (Wildman–Crippen LogP) is 1.77. The Bertz CT molecular complexity index is 747. The van der Waals surface area contributed by atoms with Gasteiger partial charge in [-0.3, -0.25) is 0 Å². The molecule has 2 rings (SSSR count). The number of benzene rings is 1. The average molecular weight is 321 g/mol. The molecule has 0 amide bonds. The highest BCUT2D eigenvalue weighted by molar-refractivity contribution is 7.80. The maximum Gasteiger partial charge on any atom is 0.346 e. The standard InChI is InChI=1S/C16H20N2O3S/c1-18(2,3)9-8-17-15(22)12-10-11-6-5-7-13(20-4)14(11)21-16(12)19/h5-7,10H,8-9H2,1-4H3/p+1. The van der Waals surface area contributed by atoms with Crippen molar-refractivity contribution >= 4 is 28.2 Å². The number of quaternary nitrogens is 1. The molecule has 0 saturated carbocycles. The van der Waals surface area contributed by atoms with Crippen molar-refractivity contribution in [3.63, 3.8) is 0 Å². The number of likely N-dealkylation sites (N-methyl/N-ethyl adjacent to an activating group) is 1. The molecule has 22 heavy (non-hydrogen) atoms. The van der Waals surface area contributed by atoms with E-state index >= 15 is 0 Å². The van der Waals surface area contributed by atoms with Crippen molar-refractivity contribution in [2.45, 2.75) is 0 Å². The van der Waals surface area contributed by atoms with E-state index in [9.17, 15) is 4.79 Å². The van der Waals surface area contributed by atoms with Gasteiger partial charge in [0.2, 0.25) is 0 Å². The second kappa shape index (κ2) is 6.46. The van der Waals surface area contributed by atoms with Gasteiger partial charge >= 0.3 is 5.63 Å². The van der Waals surface area contributed by atoms with Gasteiger partial charge < -0.3 is 19.0 Å². The Morgan fingerprint density at radius 2 is 2.09 bits per heavy atom. The molecule has 1 heterocycles. The molecule has 0 unspecified atom stereocenters. The fourth-order valence-corrected chi connectivity index (χ4v) is 2.28. The molecule has 0 bridgehead atoms. The Labute approximate surface area is 135 Å². The largest absolute Gasteiger partial charge is 0.493 e. The van der Waals surface area contributed by atoms with E-state index in [1.165, 1.54) is 0 Å². The van der Waals surface area contributed by atoms with Gasteiger partial charge in [-0.25, -0.2) is 4.79 Å². The smallest absolute Gasteiger partial charge is 0.346 e. The van der Waals surface area contributed by atoms with E-state index in [0.717, 1.165) is 16.4 Å². The number of para-hydroxylation sites is 1. The highest BCUT2D eigenvalue weighted by Crippen LogP contribution is 2.24. The summed E-state index contributed by atoms with van der Waals surface area (Å²) in [6.45, 7) is 1.59. The first-order chi connectivity index (χ1) is 10.3. The lowest BCUT2D eigenvalue weighted by molar-refractivity contribution is -0.869. The van der Waals surface area contributed by atoms with Crippen LogP contribution in [0.2, 0.25) is 0 Å². The van der Waals surface area contributed by atoms with Crippen molar-refractivity contribution in [2.75, 3.05) is 41.3 Å². The molecule has 0 saturated heterocycles. The molecule has 1 aromatic carbocycles. The summed E-state index contributed by atoms with van der Waals surface area (Å²) in [4.78, 5) is 12.6. The van der Waals surface area contributed by atoms with Crippen LogP contribution in [0.1, 0.15) is 5.56 Å². The van der Waals surface area contributed by atoms with Crippen LogP contribution in [-0.2, 0) is 0 Å². The van der Waals surface area contributed by atoms with Gasteiger partial charge in [-0.05, 0) is 12.1 Å². The van der Waals surface area contributed by atoms with Crippen LogP contribution in [0.25, 0.3) is 11.0 Å². The molecule has 0 aliphatic carbocycles. The van der Waals surface area contributed by atoms with Gasteiger partial charge in [0.05, 0.1) is 46.9 Å². The van der Waals surface area contributed by atoms with E-state index in [4.69, 9.17) is 21.4 Å². The first-order valence-corrected chi connectivity index (χ1v) is 7.42. The molecule has 6 heteroatoms. The molecule has 0 fully saturated rings. The van der Waals surface area contributed by atoms with Gasteiger partial charge in [-0.15, -0.1) is 0 Å².